The van der Waals surface area contributed by atoms with E-state index in [2.05, 4.69) is 0 Å². The van der Waals surface area contributed by atoms with Crippen molar-refractivity contribution in [2.45, 2.75) is 11.1 Å². The predicted octanol–water partition coefficient (Wildman–Crippen LogP) is 3.12. The molecule has 19 heavy (non-hydrogen) atoms. The van der Waals surface area contributed by atoms with Crippen LogP contribution < -0.4 is 10.0 Å². The molecule has 0 aliphatic heterocycles. The van der Waals surface area contributed by atoms with Crippen molar-refractivity contribution >= 4 is 44.3 Å². The first kappa shape index (κ1) is 14.2. The molecule has 1 heterocycles. The summed E-state index contributed by atoms with van der Waals surface area (Å²) in [5, 5.41) is 0. The molecule has 0 aliphatic carbocycles. The van der Waals surface area contributed by atoms with Crippen LogP contribution in [0, 0.1) is 6.92 Å². The molecule has 0 radical (unpaired) electrons. The SMILES string of the molecule is Cc1cc(S(=O)(=O)N(C)c2cccc(N)c2)sc1Cl. The highest BCUT2D eigenvalue weighted by Crippen LogP contribution is 2.33. The normalized spacial score (nSPS) is 11.5. The fourth-order valence-electron chi connectivity index (χ4n) is 1.55. The van der Waals surface area contributed by atoms with E-state index in [1.807, 2.05) is 0 Å². The number of sulfonamides is 1. The molecule has 0 unspecified atom stereocenters. The lowest BCUT2D eigenvalue weighted by Gasteiger charge is -2.18. The number of halogens is 1. The highest BCUT2D eigenvalue weighted by Gasteiger charge is 2.24. The molecule has 102 valence electrons. The van der Waals surface area contributed by atoms with Gasteiger partial charge in [0.25, 0.3) is 10.0 Å². The van der Waals surface area contributed by atoms with E-state index in [4.69, 9.17) is 17.3 Å². The first-order chi connectivity index (χ1) is 8.82. The minimum atomic E-state index is -3.60. The fraction of sp³-hybridized carbons (Fsp3) is 0.167. The van der Waals surface area contributed by atoms with E-state index < -0.39 is 10.0 Å². The van der Waals surface area contributed by atoms with Gasteiger partial charge >= 0.3 is 0 Å². The van der Waals surface area contributed by atoms with Crippen molar-refractivity contribution in [1.29, 1.82) is 0 Å². The van der Waals surface area contributed by atoms with E-state index in [0.29, 0.717) is 15.7 Å². The molecular weight excluding hydrogens is 304 g/mol. The Morgan fingerprint density at radius 2 is 2.00 bits per heavy atom. The second kappa shape index (κ2) is 5.03. The van der Waals surface area contributed by atoms with Gasteiger partial charge in [0.2, 0.25) is 0 Å². The van der Waals surface area contributed by atoms with E-state index in [0.717, 1.165) is 16.9 Å². The van der Waals surface area contributed by atoms with Crippen molar-refractivity contribution in [3.63, 3.8) is 0 Å². The highest BCUT2D eigenvalue weighted by atomic mass is 35.5. The molecule has 1 aromatic carbocycles. The number of rotatable bonds is 3. The standard InChI is InChI=1S/C12H13ClN2O2S2/c1-8-6-11(18-12(8)13)19(16,17)15(2)10-5-3-4-9(14)7-10/h3-7H,14H2,1-2H3. The quantitative estimate of drug-likeness (QED) is 0.885. The van der Waals surface area contributed by atoms with Gasteiger partial charge in [0.15, 0.2) is 0 Å². The molecular formula is C12H13ClN2O2S2. The van der Waals surface area contributed by atoms with Gasteiger partial charge in [0.05, 0.1) is 10.0 Å². The average Bonchev–Trinajstić information content (AvgIpc) is 2.69. The largest absolute Gasteiger partial charge is 0.399 e. The number of nitrogens with two attached hydrogens (primary N) is 1. The molecule has 0 amide bonds. The molecule has 2 N–H and O–H groups in total. The molecule has 0 spiro atoms. The van der Waals surface area contributed by atoms with E-state index in [1.165, 1.54) is 11.4 Å². The van der Waals surface area contributed by atoms with Crippen molar-refractivity contribution < 1.29 is 8.42 Å². The van der Waals surface area contributed by atoms with Crippen LogP contribution in [0.5, 0.6) is 0 Å². The molecule has 0 bridgehead atoms. The van der Waals surface area contributed by atoms with E-state index in [9.17, 15) is 8.42 Å². The number of nitrogens with zero attached hydrogens (tertiary/aromatic N) is 1. The minimum Gasteiger partial charge on any atom is -0.399 e. The Morgan fingerprint density at radius 3 is 2.53 bits per heavy atom. The zero-order chi connectivity index (χ0) is 14.2. The van der Waals surface area contributed by atoms with Crippen molar-refractivity contribution in [2.24, 2.45) is 0 Å². The Labute approximate surface area is 121 Å². The third kappa shape index (κ3) is 2.70. The molecule has 2 aromatic rings. The fourth-order valence-corrected chi connectivity index (χ4v) is 4.62. The second-order valence-corrected chi connectivity index (χ2v) is 7.94. The number of benzene rings is 1. The number of hydrogen-bond acceptors (Lipinski definition) is 4. The first-order valence-electron chi connectivity index (χ1n) is 5.43. The van der Waals surface area contributed by atoms with Crippen molar-refractivity contribution in [3.8, 4) is 0 Å². The van der Waals surface area contributed by atoms with Gasteiger partial charge in [-0.1, -0.05) is 17.7 Å². The topological polar surface area (TPSA) is 63.4 Å². The van der Waals surface area contributed by atoms with Crippen molar-refractivity contribution in [2.75, 3.05) is 17.1 Å². The lowest BCUT2D eigenvalue weighted by atomic mass is 10.3. The first-order valence-corrected chi connectivity index (χ1v) is 8.06. The van der Waals surface area contributed by atoms with E-state index in [-0.39, 0.29) is 4.21 Å². The van der Waals surface area contributed by atoms with Gasteiger partial charge in [-0.3, -0.25) is 4.31 Å². The third-order valence-corrected chi connectivity index (χ3v) is 6.47. The van der Waals surface area contributed by atoms with Crippen LogP contribution in [0.4, 0.5) is 11.4 Å². The van der Waals surface area contributed by atoms with Gasteiger partial charge in [-0.15, -0.1) is 11.3 Å². The summed E-state index contributed by atoms with van der Waals surface area (Å²) in [4.78, 5) is 0. The second-order valence-electron chi connectivity index (χ2n) is 4.09. The van der Waals surface area contributed by atoms with E-state index in [1.54, 1.807) is 37.3 Å². The maximum Gasteiger partial charge on any atom is 0.273 e. The number of thiophene rings is 1. The van der Waals surface area contributed by atoms with Gasteiger partial charge in [-0.2, -0.15) is 0 Å². The molecule has 2 rings (SSSR count). The third-order valence-electron chi connectivity index (χ3n) is 2.68. The van der Waals surface area contributed by atoms with Crippen molar-refractivity contribution in [3.05, 3.63) is 40.2 Å². The summed E-state index contributed by atoms with van der Waals surface area (Å²) in [6.07, 6.45) is 0. The Hall–Kier alpha value is -1.24. The summed E-state index contributed by atoms with van der Waals surface area (Å²) in [5.41, 5.74) is 7.45. The summed E-state index contributed by atoms with van der Waals surface area (Å²) in [6.45, 7) is 1.78. The smallest absolute Gasteiger partial charge is 0.273 e. The highest BCUT2D eigenvalue weighted by molar-refractivity contribution is 7.94. The van der Waals surface area contributed by atoms with E-state index >= 15 is 0 Å². The van der Waals surface area contributed by atoms with Gasteiger partial charge in [0.1, 0.15) is 4.21 Å². The molecule has 4 nitrogen and oxygen atoms in total. The van der Waals surface area contributed by atoms with Crippen LogP contribution in [-0.2, 0) is 10.0 Å². The molecule has 1 aromatic heterocycles. The predicted molar refractivity (Wildman–Crippen MR) is 80.5 cm³/mol. The molecule has 0 atom stereocenters. The van der Waals surface area contributed by atoms with Crippen LogP contribution >= 0.6 is 22.9 Å². The van der Waals surface area contributed by atoms with Crippen LogP contribution in [0.25, 0.3) is 0 Å². The number of nitrogen functional groups attached to an aromatic ring is 1. The summed E-state index contributed by atoms with van der Waals surface area (Å²) in [7, 11) is -2.11. The zero-order valence-corrected chi connectivity index (χ0v) is 12.8. The monoisotopic (exact) mass is 316 g/mol. The molecule has 0 saturated heterocycles. The Bertz CT molecular complexity index is 691. The van der Waals surface area contributed by atoms with Crippen LogP contribution in [0.15, 0.2) is 34.5 Å². The van der Waals surface area contributed by atoms with Crippen molar-refractivity contribution in [1.82, 2.24) is 0 Å². The Kier molecular flexibility index (Phi) is 3.75. The minimum absolute atomic E-state index is 0.222. The maximum absolute atomic E-state index is 12.4. The number of hydrogen-bond donors (Lipinski definition) is 1. The lowest BCUT2D eigenvalue weighted by Crippen LogP contribution is -2.25. The average molecular weight is 317 g/mol. The maximum atomic E-state index is 12.4. The molecule has 0 fully saturated rings. The summed E-state index contributed by atoms with van der Waals surface area (Å²) >= 11 is 6.98. The van der Waals surface area contributed by atoms with Crippen LogP contribution in [0.2, 0.25) is 4.34 Å². The number of aryl methyl sites for hydroxylation is 1. The van der Waals surface area contributed by atoms with Crippen LogP contribution in [0.3, 0.4) is 0 Å². The van der Waals surface area contributed by atoms with Gasteiger partial charge in [0, 0.05) is 12.7 Å². The molecule has 0 saturated carbocycles. The Morgan fingerprint density at radius 1 is 1.32 bits per heavy atom. The van der Waals surface area contributed by atoms with Gasteiger partial charge < -0.3 is 5.73 Å². The lowest BCUT2D eigenvalue weighted by molar-refractivity contribution is 0.596. The molecule has 7 heteroatoms. The van der Waals surface area contributed by atoms with Crippen LogP contribution in [0.1, 0.15) is 5.56 Å². The van der Waals surface area contributed by atoms with Gasteiger partial charge in [-0.25, -0.2) is 8.42 Å². The number of anilines is 2. The zero-order valence-electron chi connectivity index (χ0n) is 10.4. The summed E-state index contributed by atoms with van der Waals surface area (Å²) in [5.74, 6) is 0. The Balaban J connectivity index is 2.45. The van der Waals surface area contributed by atoms with Gasteiger partial charge in [-0.05, 0) is 36.8 Å². The summed E-state index contributed by atoms with van der Waals surface area (Å²) < 4.78 is 26.8. The molecule has 0 aliphatic rings. The summed E-state index contributed by atoms with van der Waals surface area (Å²) in [6, 6.07) is 8.29. The van der Waals surface area contributed by atoms with Crippen LogP contribution in [-0.4, -0.2) is 15.5 Å².